The number of carboxylic acid groups (broad SMARTS) is 1. The van der Waals surface area contributed by atoms with E-state index in [-0.39, 0.29) is 21.6 Å². The van der Waals surface area contributed by atoms with Crippen LogP contribution < -0.4 is 9.83 Å². The number of anilines is 1. The zero-order chi connectivity index (χ0) is 18.1. The molecule has 2 rings (SSSR count). The van der Waals surface area contributed by atoms with Gasteiger partial charge in [-0.15, -0.1) is 0 Å². The topological polar surface area (TPSA) is 86.3 Å². The molecule has 0 aliphatic carbocycles. The van der Waals surface area contributed by atoms with Crippen molar-refractivity contribution in [3.8, 4) is 0 Å². The summed E-state index contributed by atoms with van der Waals surface area (Å²) in [6.07, 6.45) is 0. The standard InChI is InChI=1S/C18H21NO4S/c1-12-8-9-14(18(2,3)4)11-16(12)24(22,23)19-15-7-5-6-13(10-15)17(20)21/h5-11,19H,1-4H3,(H,20,21)/p-1. The molecule has 6 heteroatoms. The summed E-state index contributed by atoms with van der Waals surface area (Å²) in [5, 5.41) is 10.9. The predicted molar refractivity (Wildman–Crippen MR) is 91.5 cm³/mol. The van der Waals surface area contributed by atoms with E-state index in [4.69, 9.17) is 0 Å². The number of carbonyl (C=O) groups is 1. The molecule has 0 saturated heterocycles. The minimum Gasteiger partial charge on any atom is -0.545 e. The molecule has 0 unspecified atom stereocenters. The largest absolute Gasteiger partial charge is 0.545 e. The molecule has 0 aliphatic rings. The van der Waals surface area contributed by atoms with Crippen LogP contribution in [0.5, 0.6) is 0 Å². The normalized spacial score (nSPS) is 12.0. The summed E-state index contributed by atoms with van der Waals surface area (Å²) < 4.78 is 27.8. The lowest BCUT2D eigenvalue weighted by molar-refractivity contribution is -0.255. The van der Waals surface area contributed by atoms with Crippen LogP contribution in [0.25, 0.3) is 0 Å². The van der Waals surface area contributed by atoms with Crippen molar-refractivity contribution < 1.29 is 18.3 Å². The van der Waals surface area contributed by atoms with Gasteiger partial charge in [-0.1, -0.05) is 45.0 Å². The van der Waals surface area contributed by atoms with Crippen molar-refractivity contribution in [3.63, 3.8) is 0 Å². The predicted octanol–water partition coefficient (Wildman–Crippen LogP) is 2.46. The Bertz CT molecular complexity index is 880. The number of aromatic carboxylic acids is 1. The van der Waals surface area contributed by atoms with Gasteiger partial charge in [0.2, 0.25) is 0 Å². The van der Waals surface area contributed by atoms with E-state index in [1.807, 2.05) is 26.8 Å². The molecule has 0 fully saturated rings. The Labute approximate surface area is 142 Å². The summed E-state index contributed by atoms with van der Waals surface area (Å²) in [4.78, 5) is 11.1. The quantitative estimate of drug-likeness (QED) is 0.921. The second-order valence-corrected chi connectivity index (χ2v) is 8.35. The zero-order valence-electron chi connectivity index (χ0n) is 14.1. The number of aryl methyl sites for hydroxylation is 1. The molecule has 1 N–H and O–H groups in total. The summed E-state index contributed by atoms with van der Waals surface area (Å²) in [6.45, 7) is 7.74. The van der Waals surface area contributed by atoms with Crippen LogP contribution in [-0.2, 0) is 15.4 Å². The molecule has 128 valence electrons. The maximum atomic E-state index is 12.7. The van der Waals surface area contributed by atoms with Crippen molar-refractivity contribution in [1.29, 1.82) is 0 Å². The third-order valence-electron chi connectivity index (χ3n) is 3.69. The van der Waals surface area contributed by atoms with Gasteiger partial charge in [0.05, 0.1) is 10.9 Å². The second-order valence-electron chi connectivity index (χ2n) is 6.70. The molecular formula is C18H20NO4S-. The second kappa shape index (κ2) is 6.28. The Morgan fingerprint density at radius 1 is 1.08 bits per heavy atom. The zero-order valence-corrected chi connectivity index (χ0v) is 14.9. The van der Waals surface area contributed by atoms with E-state index in [0.717, 1.165) is 5.56 Å². The van der Waals surface area contributed by atoms with Gasteiger partial charge in [0.25, 0.3) is 10.0 Å². The van der Waals surface area contributed by atoms with E-state index in [1.54, 1.807) is 19.1 Å². The van der Waals surface area contributed by atoms with E-state index in [0.29, 0.717) is 5.56 Å². The third kappa shape index (κ3) is 3.94. The van der Waals surface area contributed by atoms with Crippen LogP contribution in [0.4, 0.5) is 5.69 Å². The van der Waals surface area contributed by atoms with Gasteiger partial charge in [-0.25, -0.2) is 8.42 Å². The lowest BCUT2D eigenvalue weighted by atomic mass is 9.87. The lowest BCUT2D eigenvalue weighted by Crippen LogP contribution is -2.22. The minimum atomic E-state index is -3.83. The van der Waals surface area contributed by atoms with E-state index in [2.05, 4.69) is 4.72 Å². The van der Waals surface area contributed by atoms with Crippen molar-refractivity contribution in [2.75, 3.05) is 4.72 Å². The Balaban J connectivity index is 2.44. The molecule has 0 spiro atoms. The highest BCUT2D eigenvalue weighted by Gasteiger charge is 2.21. The molecule has 0 bridgehead atoms. The van der Waals surface area contributed by atoms with Crippen LogP contribution in [0.15, 0.2) is 47.4 Å². The first kappa shape index (κ1) is 18.0. The van der Waals surface area contributed by atoms with Gasteiger partial charge in [-0.05, 0) is 47.2 Å². The molecule has 0 amide bonds. The molecule has 0 aromatic heterocycles. The van der Waals surface area contributed by atoms with Gasteiger partial charge in [0, 0.05) is 5.69 Å². The van der Waals surface area contributed by atoms with Crippen molar-refractivity contribution in [1.82, 2.24) is 0 Å². The molecule has 2 aromatic carbocycles. The number of hydrogen-bond donors (Lipinski definition) is 1. The molecule has 24 heavy (non-hydrogen) atoms. The first-order valence-electron chi connectivity index (χ1n) is 7.46. The molecule has 0 atom stereocenters. The van der Waals surface area contributed by atoms with Crippen molar-refractivity contribution in [2.24, 2.45) is 0 Å². The van der Waals surface area contributed by atoms with Crippen molar-refractivity contribution >= 4 is 21.7 Å². The monoisotopic (exact) mass is 346 g/mol. The van der Waals surface area contributed by atoms with Gasteiger partial charge in [0.1, 0.15) is 0 Å². The van der Waals surface area contributed by atoms with E-state index in [9.17, 15) is 18.3 Å². The molecule has 0 heterocycles. The van der Waals surface area contributed by atoms with Crippen LogP contribution in [0.3, 0.4) is 0 Å². The molecule has 0 radical (unpaired) electrons. The first-order valence-corrected chi connectivity index (χ1v) is 8.94. The van der Waals surface area contributed by atoms with Crippen LogP contribution >= 0.6 is 0 Å². The summed E-state index contributed by atoms with van der Waals surface area (Å²) in [7, 11) is -3.83. The van der Waals surface area contributed by atoms with Gasteiger partial charge in [-0.2, -0.15) is 0 Å². The third-order valence-corrected chi connectivity index (χ3v) is 5.22. The fourth-order valence-electron chi connectivity index (χ4n) is 2.28. The highest BCUT2D eigenvalue weighted by molar-refractivity contribution is 7.92. The Morgan fingerprint density at radius 2 is 1.75 bits per heavy atom. The van der Waals surface area contributed by atoms with E-state index >= 15 is 0 Å². The molecule has 0 saturated carbocycles. The highest BCUT2D eigenvalue weighted by Crippen LogP contribution is 2.27. The SMILES string of the molecule is Cc1ccc(C(C)(C)C)cc1S(=O)(=O)Nc1cccc(C(=O)[O-])c1. The Kier molecular flexibility index (Phi) is 4.71. The molecule has 0 aliphatic heterocycles. The maximum Gasteiger partial charge on any atom is 0.262 e. The summed E-state index contributed by atoms with van der Waals surface area (Å²) in [6, 6.07) is 10.9. The number of rotatable bonds is 4. The minimum absolute atomic E-state index is 0.0876. The van der Waals surface area contributed by atoms with Crippen LogP contribution in [0.2, 0.25) is 0 Å². The average molecular weight is 346 g/mol. The van der Waals surface area contributed by atoms with Gasteiger partial charge in [-0.3, -0.25) is 4.72 Å². The first-order chi connectivity index (χ1) is 11.0. The summed E-state index contributed by atoms with van der Waals surface area (Å²) >= 11 is 0. The summed E-state index contributed by atoms with van der Waals surface area (Å²) in [5.41, 5.74) is 1.42. The average Bonchev–Trinajstić information content (AvgIpc) is 2.46. The molecule has 5 nitrogen and oxygen atoms in total. The van der Waals surface area contributed by atoms with Crippen LogP contribution in [0, 0.1) is 6.92 Å². The fraction of sp³-hybridized carbons (Fsp3) is 0.278. The summed E-state index contributed by atoms with van der Waals surface area (Å²) in [5.74, 6) is -1.36. The van der Waals surface area contributed by atoms with Crippen molar-refractivity contribution in [2.45, 2.75) is 38.0 Å². The number of nitrogens with one attached hydrogen (secondary N) is 1. The maximum absolute atomic E-state index is 12.7. The van der Waals surface area contributed by atoms with Crippen LogP contribution in [-0.4, -0.2) is 14.4 Å². The lowest BCUT2D eigenvalue weighted by Gasteiger charge is -2.21. The van der Waals surface area contributed by atoms with E-state index in [1.165, 1.54) is 24.3 Å². The smallest absolute Gasteiger partial charge is 0.262 e. The van der Waals surface area contributed by atoms with Crippen molar-refractivity contribution in [3.05, 3.63) is 59.2 Å². The number of benzene rings is 2. The number of carbonyl (C=O) groups excluding carboxylic acids is 1. The highest BCUT2D eigenvalue weighted by atomic mass is 32.2. The number of sulfonamides is 1. The van der Waals surface area contributed by atoms with Crippen LogP contribution in [0.1, 0.15) is 42.3 Å². The Morgan fingerprint density at radius 3 is 2.33 bits per heavy atom. The van der Waals surface area contributed by atoms with Gasteiger partial charge < -0.3 is 9.90 Å². The van der Waals surface area contributed by atoms with Gasteiger partial charge in [0.15, 0.2) is 0 Å². The molecular weight excluding hydrogens is 326 g/mol. The van der Waals surface area contributed by atoms with E-state index < -0.39 is 16.0 Å². The number of hydrogen-bond acceptors (Lipinski definition) is 4. The fourth-order valence-corrected chi connectivity index (χ4v) is 3.60. The van der Waals surface area contributed by atoms with Gasteiger partial charge >= 0.3 is 0 Å². The molecule has 2 aromatic rings. The number of carboxylic acids is 1. The Hall–Kier alpha value is -2.34.